The Labute approximate surface area is 84.7 Å². The number of aryl methyl sites for hydroxylation is 1. The van der Waals surface area contributed by atoms with Crippen molar-refractivity contribution in [3.63, 3.8) is 0 Å². The Kier molecular flexibility index (Phi) is 4.87. The fourth-order valence-corrected chi connectivity index (χ4v) is 1.18. The molecular formula is C11H17NO2. The van der Waals surface area contributed by atoms with Crippen molar-refractivity contribution >= 4 is 5.97 Å². The minimum Gasteiger partial charge on any atom is -0.462 e. The molecule has 0 spiro atoms. The summed E-state index contributed by atoms with van der Waals surface area (Å²) in [4.78, 5) is 11.4. The molecule has 0 fully saturated rings. The number of carbonyl (C=O) groups excluding carboxylic acids is 1. The van der Waals surface area contributed by atoms with E-state index in [1.165, 1.54) is 0 Å². The zero-order valence-electron chi connectivity index (χ0n) is 8.96. The molecule has 0 heterocycles. The van der Waals surface area contributed by atoms with Crippen LogP contribution in [0.25, 0.3) is 0 Å². The van der Waals surface area contributed by atoms with Gasteiger partial charge in [0.05, 0.1) is 12.2 Å². The summed E-state index contributed by atoms with van der Waals surface area (Å²) in [7, 11) is 0. The van der Waals surface area contributed by atoms with E-state index < -0.39 is 0 Å². The first kappa shape index (κ1) is 12.7. The lowest BCUT2D eigenvalue weighted by Gasteiger charge is -2.06. The van der Waals surface area contributed by atoms with Crippen molar-refractivity contribution in [1.29, 1.82) is 0 Å². The molecule has 0 bridgehead atoms. The van der Waals surface area contributed by atoms with Gasteiger partial charge in [-0.2, -0.15) is 0 Å². The van der Waals surface area contributed by atoms with E-state index in [1.807, 2.05) is 32.9 Å². The summed E-state index contributed by atoms with van der Waals surface area (Å²) >= 11 is 0. The minimum atomic E-state index is -0.233. The number of esters is 1. The van der Waals surface area contributed by atoms with Crippen molar-refractivity contribution in [2.75, 3.05) is 6.61 Å². The Balaban J connectivity index is 0.00000169. The van der Waals surface area contributed by atoms with Gasteiger partial charge in [-0.3, -0.25) is 0 Å². The van der Waals surface area contributed by atoms with Crippen LogP contribution in [0, 0.1) is 13.8 Å². The van der Waals surface area contributed by atoms with Crippen LogP contribution in [0.15, 0.2) is 18.2 Å². The standard InChI is InChI=1S/C11H14O2.H3N/c1-4-13-11(12)10-7-5-6-8(2)9(10)3;/h5-7H,4H2,1-3H3;1H3. The van der Waals surface area contributed by atoms with Gasteiger partial charge in [-0.05, 0) is 38.0 Å². The van der Waals surface area contributed by atoms with E-state index in [9.17, 15) is 4.79 Å². The average molecular weight is 195 g/mol. The predicted octanol–water partition coefficient (Wildman–Crippen LogP) is 2.64. The molecular weight excluding hydrogens is 178 g/mol. The third-order valence-electron chi connectivity index (χ3n) is 2.10. The Bertz CT molecular complexity index is 321. The van der Waals surface area contributed by atoms with E-state index >= 15 is 0 Å². The number of rotatable bonds is 2. The molecule has 78 valence electrons. The molecule has 0 saturated carbocycles. The summed E-state index contributed by atoms with van der Waals surface area (Å²) < 4.78 is 4.92. The number of hydrogen-bond donors (Lipinski definition) is 1. The lowest BCUT2D eigenvalue weighted by Crippen LogP contribution is -2.07. The molecule has 1 aromatic rings. The van der Waals surface area contributed by atoms with Gasteiger partial charge in [0.2, 0.25) is 0 Å². The predicted molar refractivity (Wildman–Crippen MR) is 56.9 cm³/mol. The molecule has 0 saturated heterocycles. The maximum absolute atomic E-state index is 11.4. The topological polar surface area (TPSA) is 61.3 Å². The first-order valence-corrected chi connectivity index (χ1v) is 4.40. The molecule has 0 aromatic heterocycles. The Morgan fingerprint density at radius 1 is 1.36 bits per heavy atom. The van der Waals surface area contributed by atoms with E-state index in [0.717, 1.165) is 11.1 Å². The van der Waals surface area contributed by atoms with E-state index in [0.29, 0.717) is 12.2 Å². The summed E-state index contributed by atoms with van der Waals surface area (Å²) in [6, 6.07) is 5.65. The monoisotopic (exact) mass is 195 g/mol. The van der Waals surface area contributed by atoms with Crippen LogP contribution in [0.4, 0.5) is 0 Å². The largest absolute Gasteiger partial charge is 0.462 e. The molecule has 14 heavy (non-hydrogen) atoms. The van der Waals surface area contributed by atoms with Crippen molar-refractivity contribution in [3.8, 4) is 0 Å². The molecule has 1 aromatic carbocycles. The van der Waals surface area contributed by atoms with Gasteiger partial charge in [0.25, 0.3) is 0 Å². The first-order chi connectivity index (χ1) is 6.16. The molecule has 0 atom stereocenters. The number of benzene rings is 1. The van der Waals surface area contributed by atoms with Gasteiger partial charge in [-0.15, -0.1) is 0 Å². The number of ether oxygens (including phenoxy) is 1. The third-order valence-corrected chi connectivity index (χ3v) is 2.10. The fraction of sp³-hybridized carbons (Fsp3) is 0.364. The highest BCUT2D eigenvalue weighted by Gasteiger charge is 2.09. The highest BCUT2D eigenvalue weighted by Crippen LogP contribution is 2.13. The lowest BCUT2D eigenvalue weighted by atomic mass is 10.0. The summed E-state index contributed by atoms with van der Waals surface area (Å²) in [6.45, 7) is 6.15. The summed E-state index contributed by atoms with van der Waals surface area (Å²) in [5.41, 5.74) is 2.79. The van der Waals surface area contributed by atoms with Crippen LogP contribution >= 0.6 is 0 Å². The van der Waals surface area contributed by atoms with Crippen LogP contribution in [0.2, 0.25) is 0 Å². The highest BCUT2D eigenvalue weighted by atomic mass is 16.5. The van der Waals surface area contributed by atoms with Crippen LogP contribution in [0.3, 0.4) is 0 Å². The second kappa shape index (κ2) is 5.40. The van der Waals surface area contributed by atoms with Gasteiger partial charge in [0, 0.05) is 0 Å². The Morgan fingerprint density at radius 3 is 2.57 bits per heavy atom. The third kappa shape index (κ3) is 2.57. The van der Waals surface area contributed by atoms with Gasteiger partial charge in [-0.1, -0.05) is 12.1 Å². The smallest absolute Gasteiger partial charge is 0.338 e. The zero-order chi connectivity index (χ0) is 9.84. The maximum Gasteiger partial charge on any atom is 0.338 e. The van der Waals surface area contributed by atoms with Gasteiger partial charge in [0.15, 0.2) is 0 Å². The second-order valence-corrected chi connectivity index (χ2v) is 2.97. The van der Waals surface area contributed by atoms with Crippen molar-refractivity contribution in [2.45, 2.75) is 20.8 Å². The van der Waals surface area contributed by atoms with Crippen LogP contribution in [0.1, 0.15) is 28.4 Å². The molecule has 0 aliphatic carbocycles. The molecule has 0 aliphatic heterocycles. The molecule has 1 rings (SSSR count). The average Bonchev–Trinajstić information content (AvgIpc) is 2.10. The maximum atomic E-state index is 11.4. The van der Waals surface area contributed by atoms with Crippen molar-refractivity contribution in [1.82, 2.24) is 6.15 Å². The lowest BCUT2D eigenvalue weighted by molar-refractivity contribution is 0.0525. The molecule has 0 radical (unpaired) electrons. The van der Waals surface area contributed by atoms with Crippen LogP contribution < -0.4 is 6.15 Å². The Hall–Kier alpha value is -1.35. The van der Waals surface area contributed by atoms with Gasteiger partial charge in [-0.25, -0.2) is 4.79 Å². The molecule has 0 aliphatic rings. The quantitative estimate of drug-likeness (QED) is 0.738. The van der Waals surface area contributed by atoms with Crippen LogP contribution in [-0.4, -0.2) is 12.6 Å². The fourth-order valence-electron chi connectivity index (χ4n) is 1.18. The van der Waals surface area contributed by atoms with E-state index in [4.69, 9.17) is 4.74 Å². The van der Waals surface area contributed by atoms with Gasteiger partial charge < -0.3 is 10.9 Å². The molecule has 0 unspecified atom stereocenters. The first-order valence-electron chi connectivity index (χ1n) is 4.40. The summed E-state index contributed by atoms with van der Waals surface area (Å²) in [5.74, 6) is -0.233. The number of carbonyl (C=O) groups is 1. The van der Waals surface area contributed by atoms with Crippen molar-refractivity contribution < 1.29 is 9.53 Å². The van der Waals surface area contributed by atoms with Crippen LogP contribution in [0.5, 0.6) is 0 Å². The van der Waals surface area contributed by atoms with Crippen LogP contribution in [-0.2, 0) is 4.74 Å². The summed E-state index contributed by atoms with van der Waals surface area (Å²) in [6.07, 6.45) is 0. The van der Waals surface area contributed by atoms with E-state index in [-0.39, 0.29) is 12.1 Å². The molecule has 0 amide bonds. The SMILES string of the molecule is CCOC(=O)c1cccc(C)c1C.N. The Morgan fingerprint density at radius 2 is 2.00 bits per heavy atom. The van der Waals surface area contributed by atoms with E-state index in [1.54, 1.807) is 6.07 Å². The second-order valence-electron chi connectivity index (χ2n) is 2.97. The number of hydrogen-bond acceptors (Lipinski definition) is 3. The molecule has 3 N–H and O–H groups in total. The van der Waals surface area contributed by atoms with E-state index in [2.05, 4.69) is 0 Å². The van der Waals surface area contributed by atoms with Gasteiger partial charge >= 0.3 is 5.97 Å². The molecule has 3 heteroatoms. The van der Waals surface area contributed by atoms with Crippen molar-refractivity contribution in [2.24, 2.45) is 0 Å². The highest BCUT2D eigenvalue weighted by molar-refractivity contribution is 5.91. The molecule has 3 nitrogen and oxygen atoms in total. The normalized spacial score (nSPS) is 9.07. The zero-order valence-corrected chi connectivity index (χ0v) is 8.96. The van der Waals surface area contributed by atoms with Crippen molar-refractivity contribution in [3.05, 3.63) is 34.9 Å². The minimum absolute atomic E-state index is 0. The van der Waals surface area contributed by atoms with Gasteiger partial charge in [0.1, 0.15) is 0 Å². The summed E-state index contributed by atoms with van der Waals surface area (Å²) in [5, 5.41) is 0.